The Hall–Kier alpha value is -3.34. The molecule has 4 heterocycles. The van der Waals surface area contributed by atoms with Crippen molar-refractivity contribution < 1.29 is 9.31 Å². The van der Waals surface area contributed by atoms with Crippen LogP contribution in [-0.2, 0) is 0 Å². The fourth-order valence-corrected chi connectivity index (χ4v) is 4.15. The van der Waals surface area contributed by atoms with Crippen LogP contribution in [0.4, 0.5) is 10.0 Å². The van der Waals surface area contributed by atoms with Crippen molar-refractivity contribution in [3.63, 3.8) is 0 Å². The normalized spacial score (nSPS) is 13.7. The number of hydrogen-bond acceptors (Lipinski definition) is 0. The summed E-state index contributed by atoms with van der Waals surface area (Å²) in [5.41, 5.74) is 6.38. The number of halogens is 1. The molecule has 2 aliphatic heterocycles. The van der Waals surface area contributed by atoms with Gasteiger partial charge in [0.05, 0.1) is 11.1 Å². The van der Waals surface area contributed by atoms with E-state index >= 15 is 0 Å². The minimum Gasteiger partial charge on any atom is -0.342 e. The van der Waals surface area contributed by atoms with Gasteiger partial charge in [0.15, 0.2) is 0 Å². The molecule has 6 rings (SSSR count). The van der Waals surface area contributed by atoms with Crippen LogP contribution in [0.15, 0.2) is 79.1 Å². The average molecular weight is 338 g/mol. The molecule has 122 valence electrons. The minimum absolute atomic E-state index is 0.905. The zero-order valence-corrected chi connectivity index (χ0v) is 13.9. The monoisotopic (exact) mass is 338 g/mol. The van der Waals surface area contributed by atoms with Crippen LogP contribution in [0.3, 0.4) is 0 Å². The van der Waals surface area contributed by atoms with Gasteiger partial charge in [-0.1, -0.05) is 12.1 Å². The molecule has 2 aliphatic rings. The van der Waals surface area contributed by atoms with Gasteiger partial charge in [0.2, 0.25) is 11.0 Å². The average Bonchev–Trinajstić information content (AvgIpc) is 3.40. The summed E-state index contributed by atoms with van der Waals surface area (Å²) in [6.07, 6.45) is 3.60. The summed E-state index contributed by atoms with van der Waals surface area (Å²) in [5, 5.41) is 2.20. The van der Waals surface area contributed by atoms with Crippen LogP contribution in [0.25, 0.3) is 16.7 Å². The predicted molar refractivity (Wildman–Crippen MR) is 99.0 cm³/mol. The van der Waals surface area contributed by atoms with Crippen molar-refractivity contribution in [1.82, 2.24) is 8.96 Å². The Morgan fingerprint density at radius 2 is 1.50 bits per heavy atom. The van der Waals surface area contributed by atoms with Crippen molar-refractivity contribution >= 4 is 18.5 Å². The van der Waals surface area contributed by atoms with Crippen molar-refractivity contribution in [1.29, 1.82) is 0 Å². The first kappa shape index (κ1) is 13.9. The van der Waals surface area contributed by atoms with Gasteiger partial charge in [-0.25, -0.2) is 4.99 Å². The molecule has 0 amide bonds. The Morgan fingerprint density at radius 3 is 2.27 bits per heavy atom. The topological polar surface area (TPSA) is 23.8 Å². The third kappa shape index (κ3) is 1.69. The number of rotatable bonds is 0. The Kier molecular flexibility index (Phi) is 2.59. The van der Waals surface area contributed by atoms with E-state index in [1.165, 1.54) is 11.1 Å². The lowest BCUT2D eigenvalue weighted by atomic mass is 9.92. The molecule has 0 fully saturated rings. The van der Waals surface area contributed by atoms with Crippen LogP contribution in [-0.4, -0.2) is 16.2 Å². The summed E-state index contributed by atoms with van der Waals surface area (Å²) in [6, 6.07) is 22.5. The van der Waals surface area contributed by atoms with Crippen molar-refractivity contribution in [3.05, 3.63) is 101 Å². The molecule has 3 nitrogen and oxygen atoms in total. The summed E-state index contributed by atoms with van der Waals surface area (Å²) in [4.78, 5) is 3.46. The predicted octanol–water partition coefficient (Wildman–Crippen LogP) is 1.21. The highest BCUT2D eigenvalue weighted by molar-refractivity contribution is 6.49. The van der Waals surface area contributed by atoms with E-state index in [0.717, 1.165) is 33.2 Å². The van der Waals surface area contributed by atoms with Gasteiger partial charge in [-0.05, 0) is 60.1 Å². The van der Waals surface area contributed by atoms with Gasteiger partial charge in [-0.15, -0.1) is 0 Å². The van der Waals surface area contributed by atoms with Gasteiger partial charge in [0.1, 0.15) is 0 Å². The number of hydrogen-bond donors (Lipinski definition) is 1. The molecule has 0 atom stereocenters. The molecule has 0 spiro atoms. The summed E-state index contributed by atoms with van der Waals surface area (Å²) >= 11 is 0. The summed E-state index contributed by atoms with van der Waals surface area (Å²) in [6.45, 7) is 0. The van der Waals surface area contributed by atoms with Crippen LogP contribution >= 0.6 is 0 Å². The van der Waals surface area contributed by atoms with Gasteiger partial charge in [0.25, 0.3) is 0 Å². The maximum Gasteiger partial charge on any atom is 0.596 e. The number of nitrogens with zero attached hydrogens (tertiary/aromatic N) is 2. The Morgan fingerprint density at radius 1 is 0.769 bits per heavy atom. The zero-order chi connectivity index (χ0) is 17.3. The lowest BCUT2D eigenvalue weighted by molar-refractivity contribution is -0.397. The molecule has 0 aliphatic carbocycles. The molecular formula is C21H14BFN3+. The maximum atomic E-state index is 14.8. The largest absolute Gasteiger partial charge is 0.596 e. The lowest BCUT2D eigenvalue weighted by Gasteiger charge is -2.23. The highest BCUT2D eigenvalue weighted by atomic mass is 19.1. The van der Waals surface area contributed by atoms with E-state index in [9.17, 15) is 4.32 Å². The van der Waals surface area contributed by atoms with Crippen LogP contribution in [0, 0.1) is 0 Å². The lowest BCUT2D eigenvalue weighted by Crippen LogP contribution is -2.68. The second kappa shape index (κ2) is 4.85. The third-order valence-corrected chi connectivity index (χ3v) is 5.32. The van der Waals surface area contributed by atoms with Gasteiger partial charge >= 0.3 is 7.26 Å². The van der Waals surface area contributed by atoms with Gasteiger partial charge in [-0.2, -0.15) is 0 Å². The Bertz CT molecular complexity index is 1270. The number of fused-ring (bicyclic) bond motifs is 5. The van der Waals surface area contributed by atoms with E-state index in [1.54, 1.807) is 21.3 Å². The van der Waals surface area contributed by atoms with Gasteiger partial charge in [0, 0.05) is 29.1 Å². The highest BCUT2D eigenvalue weighted by Crippen LogP contribution is 2.29. The molecule has 5 heteroatoms. The molecule has 2 aromatic carbocycles. The van der Waals surface area contributed by atoms with Gasteiger partial charge in [-0.3, -0.25) is 4.32 Å². The SMILES string of the molecule is FB1n2cccc2C(=c2ccc3c(c2)-c2ccccc2[NH+]=3)c2cccn21. The number of aromatic nitrogens is 2. The summed E-state index contributed by atoms with van der Waals surface area (Å²) in [5.74, 6) is 0. The number of benzene rings is 2. The van der Waals surface area contributed by atoms with Crippen LogP contribution < -0.4 is 15.6 Å². The molecule has 4 aromatic rings. The Labute approximate surface area is 149 Å². The molecular weight excluding hydrogens is 324 g/mol. The van der Waals surface area contributed by atoms with Gasteiger partial charge < -0.3 is 8.96 Å². The van der Waals surface area contributed by atoms with Crippen molar-refractivity contribution in [2.45, 2.75) is 0 Å². The molecule has 0 unspecified atom stereocenters. The molecule has 2 aromatic heterocycles. The first-order valence-electron chi connectivity index (χ1n) is 8.67. The third-order valence-electron chi connectivity index (χ3n) is 5.32. The van der Waals surface area contributed by atoms with Crippen molar-refractivity contribution in [2.75, 3.05) is 0 Å². The van der Waals surface area contributed by atoms with E-state index in [4.69, 9.17) is 0 Å². The van der Waals surface area contributed by atoms with E-state index in [2.05, 4.69) is 41.4 Å². The second-order valence-corrected chi connectivity index (χ2v) is 6.72. The Balaban J connectivity index is 1.71. The highest BCUT2D eigenvalue weighted by Gasteiger charge is 2.32. The van der Waals surface area contributed by atoms with E-state index in [-0.39, 0.29) is 0 Å². The number of nitrogens with one attached hydrogen (secondary N) is 1. The first-order chi connectivity index (χ1) is 12.8. The second-order valence-electron chi connectivity index (χ2n) is 6.72. The van der Waals surface area contributed by atoms with Crippen molar-refractivity contribution in [2.24, 2.45) is 0 Å². The molecule has 1 N–H and O–H groups in total. The van der Waals surface area contributed by atoms with Crippen LogP contribution in [0.2, 0.25) is 0 Å². The zero-order valence-electron chi connectivity index (χ0n) is 13.9. The van der Waals surface area contributed by atoms with E-state index in [0.29, 0.717) is 0 Å². The molecule has 0 saturated carbocycles. The van der Waals surface area contributed by atoms with Crippen molar-refractivity contribution in [3.8, 4) is 11.1 Å². The molecule has 26 heavy (non-hydrogen) atoms. The molecule has 0 bridgehead atoms. The maximum absolute atomic E-state index is 14.8. The first-order valence-corrected chi connectivity index (χ1v) is 8.67. The minimum atomic E-state index is -1.20. The van der Waals surface area contributed by atoms with Crippen LogP contribution in [0.1, 0.15) is 11.4 Å². The summed E-state index contributed by atoms with van der Waals surface area (Å²) < 4.78 is 18.2. The smallest absolute Gasteiger partial charge is 0.342 e. The van der Waals surface area contributed by atoms with Crippen LogP contribution in [0.5, 0.6) is 0 Å². The van der Waals surface area contributed by atoms with E-state index < -0.39 is 7.26 Å². The molecule has 0 radical (unpaired) electrons. The fourth-order valence-electron chi connectivity index (χ4n) is 4.15. The summed E-state index contributed by atoms with van der Waals surface area (Å²) in [7, 11) is -1.20. The standard InChI is InChI=1S/C21H13BFN3/c23-22-25-11-3-7-19(25)21(20-8-4-12-26(20)22)14-9-10-18-16(13-14)15-5-1-2-6-17(15)24-18/h1-13H/p+1. The number of para-hydroxylation sites is 1. The quantitative estimate of drug-likeness (QED) is 0.411. The molecule has 0 saturated heterocycles. The fraction of sp³-hybridized carbons (Fsp3) is 0. The van der Waals surface area contributed by atoms with E-state index in [1.807, 2.05) is 30.3 Å².